The van der Waals surface area contributed by atoms with Crippen molar-refractivity contribution in [1.29, 1.82) is 0 Å². The van der Waals surface area contributed by atoms with Crippen LogP contribution in [0.3, 0.4) is 0 Å². The third-order valence-electron chi connectivity index (χ3n) is 3.98. The minimum absolute atomic E-state index is 0.106. The average Bonchev–Trinajstić information content (AvgIpc) is 2.98. The summed E-state index contributed by atoms with van der Waals surface area (Å²) >= 11 is 0. The van der Waals surface area contributed by atoms with E-state index in [0.717, 1.165) is 5.39 Å². The Hall–Kier alpha value is -3.48. The van der Waals surface area contributed by atoms with Gasteiger partial charge in [0.15, 0.2) is 0 Å². The second kappa shape index (κ2) is 5.02. The Kier molecular flexibility index (Phi) is 2.96. The maximum Gasteiger partial charge on any atom is 0.335 e. The first-order valence-electron chi connectivity index (χ1n) is 7.23. The lowest BCUT2D eigenvalue weighted by molar-refractivity contribution is 0.0697. The second-order valence-corrected chi connectivity index (χ2v) is 5.40. The second-order valence-electron chi connectivity index (χ2n) is 5.40. The highest BCUT2D eigenvalue weighted by atomic mass is 16.4. The predicted octanol–water partition coefficient (Wildman–Crippen LogP) is 1.97. The summed E-state index contributed by atoms with van der Waals surface area (Å²) in [6.07, 6.45) is 3.11. The number of aromatic nitrogens is 4. The molecule has 3 aromatic heterocycles. The fraction of sp³-hybridized carbons (Fsp3) is 0.0588. The number of fused-ring (bicyclic) bond motifs is 3. The van der Waals surface area contributed by atoms with Gasteiger partial charge in [0.2, 0.25) is 0 Å². The zero-order valence-corrected chi connectivity index (χ0v) is 12.7. The molecule has 24 heavy (non-hydrogen) atoms. The number of pyridine rings is 2. The molecule has 0 amide bonds. The fourth-order valence-corrected chi connectivity index (χ4v) is 2.91. The largest absolute Gasteiger partial charge is 0.478 e. The lowest BCUT2D eigenvalue weighted by atomic mass is 10.1. The van der Waals surface area contributed by atoms with Crippen molar-refractivity contribution in [3.8, 4) is 5.69 Å². The molecule has 0 spiro atoms. The van der Waals surface area contributed by atoms with Crippen LogP contribution in [0.25, 0.3) is 27.6 Å². The van der Waals surface area contributed by atoms with Crippen LogP contribution in [-0.2, 0) is 7.05 Å². The van der Waals surface area contributed by atoms with Crippen molar-refractivity contribution in [1.82, 2.24) is 19.3 Å². The number of carbonyl (C=O) groups is 1. The lowest BCUT2D eigenvalue weighted by Crippen LogP contribution is -2.20. The van der Waals surface area contributed by atoms with Crippen LogP contribution in [0.15, 0.2) is 53.6 Å². The maximum absolute atomic E-state index is 13.0. The van der Waals surface area contributed by atoms with Gasteiger partial charge in [-0.2, -0.15) is 5.10 Å². The van der Waals surface area contributed by atoms with Crippen LogP contribution >= 0.6 is 0 Å². The van der Waals surface area contributed by atoms with Crippen LogP contribution in [0.4, 0.5) is 0 Å². The van der Waals surface area contributed by atoms with Gasteiger partial charge in [-0.1, -0.05) is 6.07 Å². The molecule has 1 aromatic carbocycles. The zero-order valence-electron chi connectivity index (χ0n) is 12.7. The predicted molar refractivity (Wildman–Crippen MR) is 88.6 cm³/mol. The Labute approximate surface area is 135 Å². The molecule has 4 aromatic rings. The Morgan fingerprint density at radius 1 is 1.17 bits per heavy atom. The average molecular weight is 320 g/mol. The molecule has 118 valence electrons. The SMILES string of the molecule is Cn1ncc2c(=O)n(-c3cccc(C(=O)O)c3)c3ncccc3c21. The van der Waals surface area contributed by atoms with Gasteiger partial charge in [0.05, 0.1) is 28.4 Å². The van der Waals surface area contributed by atoms with E-state index in [2.05, 4.69) is 10.1 Å². The summed E-state index contributed by atoms with van der Waals surface area (Å²) < 4.78 is 3.06. The first-order valence-corrected chi connectivity index (χ1v) is 7.23. The maximum atomic E-state index is 13.0. The van der Waals surface area contributed by atoms with Crippen LogP contribution in [0.5, 0.6) is 0 Å². The molecule has 0 saturated heterocycles. The highest BCUT2D eigenvalue weighted by Crippen LogP contribution is 2.23. The number of carboxylic acid groups (broad SMARTS) is 1. The molecule has 7 nitrogen and oxygen atoms in total. The van der Waals surface area contributed by atoms with Crippen molar-refractivity contribution >= 4 is 27.9 Å². The van der Waals surface area contributed by atoms with Crippen LogP contribution < -0.4 is 5.56 Å². The fourth-order valence-electron chi connectivity index (χ4n) is 2.91. The van der Waals surface area contributed by atoms with Crippen LogP contribution in [-0.4, -0.2) is 30.4 Å². The standard InChI is InChI=1S/C17H12N4O3/c1-20-14-12-6-3-7-18-15(12)21(16(22)13(14)9-19-20)11-5-2-4-10(8-11)17(23)24/h2-9H,1H3,(H,23,24). The Balaban J connectivity index is 2.19. The van der Waals surface area contributed by atoms with E-state index in [4.69, 9.17) is 0 Å². The molecule has 0 atom stereocenters. The molecular formula is C17H12N4O3. The number of hydrogen-bond donors (Lipinski definition) is 1. The smallest absolute Gasteiger partial charge is 0.335 e. The van der Waals surface area contributed by atoms with E-state index in [0.29, 0.717) is 22.2 Å². The molecule has 0 unspecified atom stereocenters. The van der Waals surface area contributed by atoms with Crippen LogP contribution in [0.1, 0.15) is 10.4 Å². The van der Waals surface area contributed by atoms with Gasteiger partial charge in [-0.05, 0) is 30.3 Å². The Morgan fingerprint density at radius 2 is 2.00 bits per heavy atom. The van der Waals surface area contributed by atoms with Gasteiger partial charge in [-0.25, -0.2) is 9.78 Å². The van der Waals surface area contributed by atoms with Gasteiger partial charge in [-0.15, -0.1) is 0 Å². The van der Waals surface area contributed by atoms with E-state index in [-0.39, 0.29) is 11.1 Å². The first-order chi connectivity index (χ1) is 11.6. The number of benzene rings is 1. The number of carboxylic acids is 1. The van der Waals surface area contributed by atoms with Gasteiger partial charge in [0.1, 0.15) is 5.65 Å². The molecule has 0 aliphatic carbocycles. The molecule has 0 radical (unpaired) electrons. The Morgan fingerprint density at radius 3 is 2.79 bits per heavy atom. The molecule has 0 aliphatic heterocycles. The van der Waals surface area contributed by atoms with E-state index >= 15 is 0 Å². The van der Waals surface area contributed by atoms with E-state index in [1.807, 2.05) is 6.07 Å². The number of rotatable bonds is 2. The summed E-state index contributed by atoms with van der Waals surface area (Å²) in [4.78, 5) is 28.5. The van der Waals surface area contributed by atoms with Crippen molar-refractivity contribution in [3.63, 3.8) is 0 Å². The van der Waals surface area contributed by atoms with Gasteiger partial charge >= 0.3 is 5.97 Å². The van der Waals surface area contributed by atoms with Crippen LogP contribution in [0.2, 0.25) is 0 Å². The summed E-state index contributed by atoms with van der Waals surface area (Å²) in [7, 11) is 1.77. The number of aromatic carboxylic acids is 1. The number of nitrogens with zero attached hydrogens (tertiary/aromatic N) is 4. The van der Waals surface area contributed by atoms with E-state index in [9.17, 15) is 14.7 Å². The van der Waals surface area contributed by atoms with Crippen molar-refractivity contribution in [2.75, 3.05) is 0 Å². The summed E-state index contributed by atoms with van der Waals surface area (Å²) in [5, 5.41) is 14.6. The molecule has 0 saturated carbocycles. The van der Waals surface area contributed by atoms with E-state index < -0.39 is 5.97 Å². The first kappa shape index (κ1) is 14.1. The molecular weight excluding hydrogens is 308 g/mol. The zero-order chi connectivity index (χ0) is 16.8. The Bertz CT molecular complexity index is 1170. The molecule has 1 N–H and O–H groups in total. The van der Waals surface area contributed by atoms with Gasteiger partial charge in [0, 0.05) is 18.6 Å². The summed E-state index contributed by atoms with van der Waals surface area (Å²) in [6.45, 7) is 0. The summed E-state index contributed by atoms with van der Waals surface area (Å²) in [5.41, 5.74) is 1.44. The quantitative estimate of drug-likeness (QED) is 0.610. The molecule has 0 bridgehead atoms. The molecule has 3 heterocycles. The summed E-state index contributed by atoms with van der Waals surface area (Å²) in [6, 6.07) is 9.88. The van der Waals surface area contributed by atoms with Crippen molar-refractivity contribution in [3.05, 3.63) is 64.7 Å². The minimum Gasteiger partial charge on any atom is -0.478 e. The minimum atomic E-state index is -1.05. The molecule has 0 fully saturated rings. The number of hydrogen-bond acceptors (Lipinski definition) is 4. The van der Waals surface area contributed by atoms with Gasteiger partial charge < -0.3 is 5.11 Å². The van der Waals surface area contributed by atoms with Crippen molar-refractivity contribution < 1.29 is 9.90 Å². The van der Waals surface area contributed by atoms with Crippen molar-refractivity contribution in [2.45, 2.75) is 0 Å². The number of aryl methyl sites for hydroxylation is 1. The summed E-state index contributed by atoms with van der Waals surface area (Å²) in [5.74, 6) is -1.05. The van der Waals surface area contributed by atoms with Crippen molar-refractivity contribution in [2.24, 2.45) is 7.05 Å². The third kappa shape index (κ3) is 1.91. The lowest BCUT2D eigenvalue weighted by Gasteiger charge is -2.11. The van der Waals surface area contributed by atoms with Gasteiger partial charge in [-0.3, -0.25) is 14.0 Å². The third-order valence-corrected chi connectivity index (χ3v) is 3.98. The van der Waals surface area contributed by atoms with E-state index in [1.165, 1.54) is 22.9 Å². The highest BCUT2D eigenvalue weighted by molar-refractivity contribution is 6.02. The topological polar surface area (TPSA) is 90.0 Å². The van der Waals surface area contributed by atoms with E-state index in [1.54, 1.807) is 36.1 Å². The monoisotopic (exact) mass is 320 g/mol. The van der Waals surface area contributed by atoms with Crippen LogP contribution in [0, 0.1) is 0 Å². The molecule has 7 heteroatoms. The molecule has 4 rings (SSSR count). The molecule has 0 aliphatic rings. The normalized spacial score (nSPS) is 11.2. The van der Waals surface area contributed by atoms with Gasteiger partial charge in [0.25, 0.3) is 5.56 Å². The highest BCUT2D eigenvalue weighted by Gasteiger charge is 2.16.